The van der Waals surface area contributed by atoms with E-state index in [1.807, 2.05) is 6.92 Å². The highest BCUT2D eigenvalue weighted by Gasteiger charge is 2.10. The fraction of sp³-hybridized carbons (Fsp3) is 0.500. The molecule has 84 valence electrons. The molecule has 0 saturated heterocycles. The summed E-state index contributed by atoms with van der Waals surface area (Å²) in [6.07, 6.45) is 1.01. The van der Waals surface area contributed by atoms with Gasteiger partial charge in [0.15, 0.2) is 11.6 Å². The smallest absolute Gasteiger partial charge is 0.159 e. The largest absolute Gasteiger partial charge is 0.308 e. The van der Waals surface area contributed by atoms with E-state index in [2.05, 4.69) is 19.2 Å². The van der Waals surface area contributed by atoms with Crippen LogP contribution in [0.3, 0.4) is 0 Å². The fourth-order valence-corrected chi connectivity index (χ4v) is 1.42. The second-order valence-electron chi connectivity index (χ2n) is 3.87. The van der Waals surface area contributed by atoms with Crippen molar-refractivity contribution in [3.63, 3.8) is 0 Å². The molecule has 0 aliphatic rings. The van der Waals surface area contributed by atoms with Crippen LogP contribution in [0.5, 0.6) is 0 Å². The summed E-state index contributed by atoms with van der Waals surface area (Å²) in [5.74, 6) is -1.58. The van der Waals surface area contributed by atoms with Gasteiger partial charge in [0.05, 0.1) is 0 Å². The van der Waals surface area contributed by atoms with E-state index in [9.17, 15) is 8.78 Å². The molecule has 1 nitrogen and oxygen atoms in total. The normalized spacial score (nSPS) is 15.0. The number of hydrogen-bond acceptors (Lipinski definition) is 1. The maximum atomic E-state index is 13.0. The molecule has 0 saturated carbocycles. The SMILES string of the molecule is CC[C@H](C)N[C@H](C)c1ccc(F)c(F)c1. The van der Waals surface area contributed by atoms with Crippen molar-refractivity contribution in [1.82, 2.24) is 5.32 Å². The van der Waals surface area contributed by atoms with Crippen molar-refractivity contribution in [2.75, 3.05) is 0 Å². The first kappa shape index (κ1) is 12.1. The molecule has 1 aromatic carbocycles. The molecule has 0 amide bonds. The molecule has 1 rings (SSSR count). The molecule has 0 bridgehead atoms. The number of benzene rings is 1. The third kappa shape index (κ3) is 3.27. The summed E-state index contributed by atoms with van der Waals surface area (Å²) in [4.78, 5) is 0. The van der Waals surface area contributed by atoms with Gasteiger partial charge in [-0.2, -0.15) is 0 Å². The molecule has 0 heterocycles. The standard InChI is InChI=1S/C12H17F2N/c1-4-8(2)15-9(3)10-5-6-11(13)12(14)7-10/h5-9,15H,4H2,1-3H3/t8-,9+/m0/s1. The van der Waals surface area contributed by atoms with Crippen molar-refractivity contribution < 1.29 is 8.78 Å². The van der Waals surface area contributed by atoms with Crippen LogP contribution in [0.25, 0.3) is 0 Å². The van der Waals surface area contributed by atoms with E-state index in [0.29, 0.717) is 6.04 Å². The van der Waals surface area contributed by atoms with Crippen LogP contribution in [-0.2, 0) is 0 Å². The van der Waals surface area contributed by atoms with Gasteiger partial charge in [0.2, 0.25) is 0 Å². The molecule has 0 radical (unpaired) electrons. The lowest BCUT2D eigenvalue weighted by molar-refractivity contribution is 0.462. The van der Waals surface area contributed by atoms with Gasteiger partial charge >= 0.3 is 0 Å². The molecule has 15 heavy (non-hydrogen) atoms. The third-order valence-electron chi connectivity index (χ3n) is 2.59. The minimum atomic E-state index is -0.797. The van der Waals surface area contributed by atoms with Crippen molar-refractivity contribution >= 4 is 0 Å². The maximum Gasteiger partial charge on any atom is 0.159 e. The van der Waals surface area contributed by atoms with E-state index in [1.165, 1.54) is 12.1 Å². The molecule has 1 N–H and O–H groups in total. The van der Waals surface area contributed by atoms with Gasteiger partial charge in [-0.3, -0.25) is 0 Å². The quantitative estimate of drug-likeness (QED) is 0.808. The Morgan fingerprint density at radius 1 is 1.20 bits per heavy atom. The van der Waals surface area contributed by atoms with Gasteiger partial charge in [-0.1, -0.05) is 13.0 Å². The van der Waals surface area contributed by atoms with Gasteiger partial charge in [-0.05, 0) is 38.0 Å². The zero-order valence-corrected chi connectivity index (χ0v) is 9.35. The second kappa shape index (κ2) is 5.21. The minimum Gasteiger partial charge on any atom is -0.308 e. The molecule has 3 heteroatoms. The van der Waals surface area contributed by atoms with Gasteiger partial charge in [-0.25, -0.2) is 8.78 Å². The van der Waals surface area contributed by atoms with Crippen molar-refractivity contribution in [3.05, 3.63) is 35.4 Å². The van der Waals surface area contributed by atoms with Gasteiger partial charge in [-0.15, -0.1) is 0 Å². The number of hydrogen-bond donors (Lipinski definition) is 1. The highest BCUT2D eigenvalue weighted by atomic mass is 19.2. The molecule has 0 fully saturated rings. The van der Waals surface area contributed by atoms with Crippen LogP contribution in [0.2, 0.25) is 0 Å². The van der Waals surface area contributed by atoms with Crippen LogP contribution in [0, 0.1) is 11.6 Å². The lowest BCUT2D eigenvalue weighted by Gasteiger charge is -2.19. The predicted molar refractivity (Wildman–Crippen MR) is 57.7 cm³/mol. The predicted octanol–water partition coefficient (Wildman–Crippen LogP) is 3.41. The average molecular weight is 213 g/mol. The second-order valence-corrected chi connectivity index (χ2v) is 3.87. The number of halogens is 2. The summed E-state index contributed by atoms with van der Waals surface area (Å²) in [6, 6.07) is 4.43. The molecule has 0 unspecified atom stereocenters. The first-order valence-corrected chi connectivity index (χ1v) is 5.25. The Morgan fingerprint density at radius 3 is 2.40 bits per heavy atom. The topological polar surface area (TPSA) is 12.0 Å². The Morgan fingerprint density at radius 2 is 1.87 bits per heavy atom. The Balaban J connectivity index is 2.73. The van der Waals surface area contributed by atoms with Gasteiger partial charge in [0, 0.05) is 12.1 Å². The van der Waals surface area contributed by atoms with Gasteiger partial charge in [0.1, 0.15) is 0 Å². The van der Waals surface area contributed by atoms with Crippen molar-refractivity contribution in [1.29, 1.82) is 0 Å². The molecular weight excluding hydrogens is 196 g/mol. The van der Waals surface area contributed by atoms with Crippen LogP contribution in [0.4, 0.5) is 8.78 Å². The first-order chi connectivity index (χ1) is 7.04. The lowest BCUT2D eigenvalue weighted by Crippen LogP contribution is -2.28. The van der Waals surface area contributed by atoms with Crippen LogP contribution in [0.15, 0.2) is 18.2 Å². The lowest BCUT2D eigenvalue weighted by atomic mass is 10.1. The van der Waals surface area contributed by atoms with Crippen LogP contribution in [-0.4, -0.2) is 6.04 Å². The molecule has 0 aliphatic carbocycles. The van der Waals surface area contributed by atoms with Crippen LogP contribution < -0.4 is 5.32 Å². The zero-order chi connectivity index (χ0) is 11.4. The average Bonchev–Trinajstić information content (AvgIpc) is 2.21. The Hall–Kier alpha value is -0.960. The third-order valence-corrected chi connectivity index (χ3v) is 2.59. The minimum absolute atomic E-state index is 0.0371. The summed E-state index contributed by atoms with van der Waals surface area (Å²) in [7, 11) is 0. The zero-order valence-electron chi connectivity index (χ0n) is 9.35. The van der Waals surface area contributed by atoms with Crippen LogP contribution in [0.1, 0.15) is 38.8 Å². The first-order valence-electron chi connectivity index (χ1n) is 5.25. The highest BCUT2D eigenvalue weighted by molar-refractivity contribution is 5.20. The summed E-state index contributed by atoms with van der Waals surface area (Å²) < 4.78 is 25.7. The Bertz CT molecular complexity index is 325. The highest BCUT2D eigenvalue weighted by Crippen LogP contribution is 2.16. The van der Waals surface area contributed by atoms with Crippen molar-refractivity contribution in [2.24, 2.45) is 0 Å². The van der Waals surface area contributed by atoms with Crippen molar-refractivity contribution in [3.8, 4) is 0 Å². The van der Waals surface area contributed by atoms with Crippen LogP contribution >= 0.6 is 0 Å². The van der Waals surface area contributed by atoms with E-state index in [4.69, 9.17) is 0 Å². The molecule has 2 atom stereocenters. The van der Waals surface area contributed by atoms with Gasteiger partial charge < -0.3 is 5.32 Å². The fourth-order valence-electron chi connectivity index (χ4n) is 1.42. The van der Waals surface area contributed by atoms with E-state index >= 15 is 0 Å². The molecule has 1 aromatic rings. The summed E-state index contributed by atoms with van der Waals surface area (Å²) in [5.41, 5.74) is 0.772. The van der Waals surface area contributed by atoms with E-state index in [0.717, 1.165) is 12.0 Å². The summed E-state index contributed by atoms with van der Waals surface area (Å²) in [6.45, 7) is 6.09. The van der Waals surface area contributed by atoms with Crippen molar-refractivity contribution in [2.45, 2.75) is 39.3 Å². The number of nitrogens with one attached hydrogen (secondary N) is 1. The molecule has 0 aliphatic heterocycles. The summed E-state index contributed by atoms with van der Waals surface area (Å²) >= 11 is 0. The van der Waals surface area contributed by atoms with Gasteiger partial charge in [0.25, 0.3) is 0 Å². The Kier molecular flexibility index (Phi) is 4.21. The monoisotopic (exact) mass is 213 g/mol. The Labute approximate surface area is 89.5 Å². The summed E-state index contributed by atoms with van der Waals surface area (Å²) in [5, 5.41) is 3.30. The van der Waals surface area contributed by atoms with E-state index in [-0.39, 0.29) is 6.04 Å². The van der Waals surface area contributed by atoms with E-state index < -0.39 is 11.6 Å². The maximum absolute atomic E-state index is 13.0. The van der Waals surface area contributed by atoms with E-state index in [1.54, 1.807) is 6.07 Å². The number of rotatable bonds is 4. The molecule has 0 aromatic heterocycles. The molecule has 0 spiro atoms. The molecular formula is C12H17F2N.